The molecule has 4 amide bonds. The number of imidazole rings is 2. The minimum Gasteiger partial charge on any atom is -0.453 e. The number of rotatable bonds is 13. The van der Waals surface area contributed by atoms with Crippen LogP contribution in [0.2, 0.25) is 0 Å². The number of alkyl carbamates (subject to hydrolysis) is 2. The van der Waals surface area contributed by atoms with Crippen molar-refractivity contribution >= 4 is 35.0 Å². The predicted molar refractivity (Wildman–Crippen MR) is 183 cm³/mol. The lowest BCUT2D eigenvalue weighted by molar-refractivity contribution is -0.124. The van der Waals surface area contributed by atoms with E-state index in [0.717, 1.165) is 58.5 Å². The highest BCUT2D eigenvalue weighted by Crippen LogP contribution is 2.20. The standard InChI is InChI=1S/C35H42N8O6/c1-21(2)31(43-35(47)49-5)33(45)39-22(3)32-37-19-28(42-32)25-14-11-23(12-15-25)9-10-24-13-16-26-27(18-24)41-29(40-26)8-6-7-17-36-30(44)20-38-34(46)48-4/h11-16,18-19,21-22,31H,6-8,17,20H2,1-5H3,(H,36,44)(H,37,42)(H,38,46)(H,39,45)(H,40,41)(H,43,47). The number of carbonyl (C=O) groups excluding carboxylic acids is 4. The summed E-state index contributed by atoms with van der Waals surface area (Å²) in [7, 11) is 2.50. The first-order chi connectivity index (χ1) is 23.6. The smallest absolute Gasteiger partial charge is 0.407 e. The fourth-order valence-electron chi connectivity index (χ4n) is 4.86. The minimum atomic E-state index is -0.744. The van der Waals surface area contributed by atoms with Crippen LogP contribution in [0.1, 0.15) is 62.4 Å². The molecule has 2 unspecified atom stereocenters. The largest absolute Gasteiger partial charge is 0.453 e. The lowest BCUT2D eigenvalue weighted by atomic mass is 10.0. The summed E-state index contributed by atoms with van der Waals surface area (Å²) in [6.07, 6.45) is 2.74. The number of hydrogen-bond acceptors (Lipinski definition) is 8. The summed E-state index contributed by atoms with van der Waals surface area (Å²) in [4.78, 5) is 63.0. The van der Waals surface area contributed by atoms with E-state index in [0.29, 0.717) is 12.4 Å². The lowest BCUT2D eigenvalue weighted by Gasteiger charge is -2.22. The molecule has 14 nitrogen and oxygen atoms in total. The summed E-state index contributed by atoms with van der Waals surface area (Å²) < 4.78 is 9.08. The molecule has 2 heterocycles. The van der Waals surface area contributed by atoms with Gasteiger partial charge in [0.2, 0.25) is 11.8 Å². The van der Waals surface area contributed by atoms with Crippen LogP contribution in [0.3, 0.4) is 0 Å². The van der Waals surface area contributed by atoms with Gasteiger partial charge in [-0.25, -0.2) is 19.6 Å². The van der Waals surface area contributed by atoms with Gasteiger partial charge in [-0.3, -0.25) is 9.59 Å². The Morgan fingerprint density at radius 3 is 2.29 bits per heavy atom. The molecule has 0 bridgehead atoms. The molecule has 6 N–H and O–H groups in total. The molecule has 2 aromatic heterocycles. The first-order valence-electron chi connectivity index (χ1n) is 16.0. The second-order valence-corrected chi connectivity index (χ2v) is 11.7. The van der Waals surface area contributed by atoms with Gasteiger partial charge in [-0.1, -0.05) is 37.8 Å². The highest BCUT2D eigenvalue weighted by atomic mass is 16.5. The van der Waals surface area contributed by atoms with E-state index in [-0.39, 0.29) is 24.3 Å². The van der Waals surface area contributed by atoms with Crippen LogP contribution in [-0.4, -0.2) is 77.3 Å². The Morgan fingerprint density at radius 2 is 1.57 bits per heavy atom. The monoisotopic (exact) mass is 670 g/mol. The molecular weight excluding hydrogens is 628 g/mol. The molecule has 49 heavy (non-hydrogen) atoms. The fraction of sp³-hybridized carbons (Fsp3) is 0.371. The van der Waals surface area contributed by atoms with Crippen LogP contribution >= 0.6 is 0 Å². The zero-order valence-electron chi connectivity index (χ0n) is 28.2. The van der Waals surface area contributed by atoms with Crippen LogP contribution in [0.15, 0.2) is 48.7 Å². The van der Waals surface area contributed by atoms with E-state index in [9.17, 15) is 19.2 Å². The number of methoxy groups -OCH3 is 2. The van der Waals surface area contributed by atoms with E-state index in [4.69, 9.17) is 0 Å². The zero-order chi connectivity index (χ0) is 35.3. The Hall–Kier alpha value is -5.84. The highest BCUT2D eigenvalue weighted by molar-refractivity contribution is 5.86. The van der Waals surface area contributed by atoms with Gasteiger partial charge in [0.15, 0.2) is 0 Å². The van der Waals surface area contributed by atoms with E-state index >= 15 is 0 Å². The molecule has 0 saturated heterocycles. The fourth-order valence-corrected chi connectivity index (χ4v) is 4.86. The number of fused-ring (bicyclic) bond motifs is 1. The van der Waals surface area contributed by atoms with E-state index in [1.807, 2.05) is 63.2 Å². The van der Waals surface area contributed by atoms with Crippen LogP contribution < -0.4 is 21.3 Å². The number of carbonyl (C=O) groups is 4. The molecule has 0 radical (unpaired) electrons. The van der Waals surface area contributed by atoms with Gasteiger partial charge in [-0.2, -0.15) is 0 Å². The van der Waals surface area contributed by atoms with Crippen LogP contribution in [0, 0.1) is 17.8 Å². The van der Waals surface area contributed by atoms with E-state index < -0.39 is 24.3 Å². The number of aromatic amines is 2. The number of ether oxygens (including phenoxy) is 2. The molecule has 0 aliphatic rings. The van der Waals surface area contributed by atoms with Crippen molar-refractivity contribution in [3.05, 3.63) is 71.4 Å². The third-order valence-corrected chi connectivity index (χ3v) is 7.59. The van der Waals surface area contributed by atoms with Crippen molar-refractivity contribution in [1.29, 1.82) is 0 Å². The SMILES string of the molecule is COC(=O)NCC(=O)NCCCCc1nc2ccc(C#Cc3ccc(-c4cnc(C(C)NC(=O)C(NC(=O)OC)C(C)C)[nH]4)cc3)cc2[nH]1. The van der Waals surface area contributed by atoms with Crippen LogP contribution in [-0.2, 0) is 25.5 Å². The van der Waals surface area contributed by atoms with Gasteiger partial charge in [-0.15, -0.1) is 0 Å². The Labute approximate surface area is 284 Å². The highest BCUT2D eigenvalue weighted by Gasteiger charge is 2.26. The first-order valence-corrected chi connectivity index (χ1v) is 16.0. The molecule has 0 spiro atoms. The van der Waals surface area contributed by atoms with Gasteiger partial charge in [0.25, 0.3) is 0 Å². The van der Waals surface area contributed by atoms with Crippen molar-refractivity contribution in [1.82, 2.24) is 41.2 Å². The Bertz CT molecular complexity index is 1820. The van der Waals surface area contributed by atoms with Crippen molar-refractivity contribution in [3.8, 4) is 23.1 Å². The van der Waals surface area contributed by atoms with Gasteiger partial charge in [0, 0.05) is 24.1 Å². The molecule has 2 atom stereocenters. The summed E-state index contributed by atoms with van der Waals surface area (Å²) in [6, 6.07) is 12.5. The van der Waals surface area contributed by atoms with Crippen molar-refractivity contribution in [2.24, 2.45) is 5.92 Å². The van der Waals surface area contributed by atoms with Gasteiger partial charge in [0.05, 0.1) is 49.7 Å². The quantitative estimate of drug-likeness (QED) is 0.0916. The Morgan fingerprint density at radius 1 is 0.857 bits per heavy atom. The van der Waals surface area contributed by atoms with Crippen molar-refractivity contribution < 1.29 is 28.7 Å². The molecule has 0 aliphatic carbocycles. The van der Waals surface area contributed by atoms with Gasteiger partial charge < -0.3 is 40.7 Å². The number of aryl methyl sites for hydroxylation is 1. The van der Waals surface area contributed by atoms with Crippen molar-refractivity contribution in [2.75, 3.05) is 27.3 Å². The summed E-state index contributed by atoms with van der Waals surface area (Å²) in [5.41, 5.74) is 5.17. The Kier molecular flexibility index (Phi) is 12.7. The average Bonchev–Trinajstić information content (AvgIpc) is 3.76. The number of hydrogen-bond donors (Lipinski definition) is 6. The number of amides is 4. The predicted octanol–water partition coefficient (Wildman–Crippen LogP) is 3.71. The van der Waals surface area contributed by atoms with Crippen LogP contribution in [0.4, 0.5) is 9.59 Å². The molecule has 0 saturated carbocycles. The van der Waals surface area contributed by atoms with Crippen molar-refractivity contribution in [3.63, 3.8) is 0 Å². The molecule has 258 valence electrons. The van der Waals surface area contributed by atoms with E-state index in [1.54, 1.807) is 6.20 Å². The third kappa shape index (κ3) is 10.6. The number of benzene rings is 2. The maximum atomic E-state index is 12.8. The number of unbranched alkanes of at least 4 members (excludes halogenated alkanes) is 1. The molecule has 2 aromatic carbocycles. The maximum absolute atomic E-state index is 12.8. The topological polar surface area (TPSA) is 192 Å². The third-order valence-electron chi connectivity index (χ3n) is 7.59. The molecule has 0 aliphatic heterocycles. The summed E-state index contributed by atoms with van der Waals surface area (Å²) in [5.74, 6) is 7.14. The molecule has 4 aromatic rings. The van der Waals surface area contributed by atoms with Crippen LogP contribution in [0.25, 0.3) is 22.3 Å². The maximum Gasteiger partial charge on any atom is 0.407 e. The van der Waals surface area contributed by atoms with Gasteiger partial charge in [-0.05, 0) is 61.6 Å². The first kappa shape index (κ1) is 36.0. The molecule has 14 heteroatoms. The number of aromatic nitrogens is 4. The van der Waals surface area contributed by atoms with Crippen molar-refractivity contribution in [2.45, 2.75) is 52.1 Å². The minimum absolute atomic E-state index is 0.123. The van der Waals surface area contributed by atoms with E-state index in [2.05, 4.69) is 62.5 Å². The second kappa shape index (κ2) is 17.4. The van der Waals surface area contributed by atoms with Gasteiger partial charge in [0.1, 0.15) is 17.7 Å². The number of H-pyrrole nitrogens is 2. The summed E-state index contributed by atoms with van der Waals surface area (Å²) in [5, 5.41) is 10.6. The second-order valence-electron chi connectivity index (χ2n) is 11.7. The molecular formula is C35H42N8O6. The van der Waals surface area contributed by atoms with Gasteiger partial charge >= 0.3 is 12.2 Å². The molecule has 4 rings (SSSR count). The average molecular weight is 671 g/mol. The number of nitrogens with one attached hydrogen (secondary N) is 6. The van der Waals surface area contributed by atoms with E-state index in [1.165, 1.54) is 14.2 Å². The summed E-state index contributed by atoms with van der Waals surface area (Å²) >= 11 is 0. The number of nitrogens with zero attached hydrogens (tertiary/aromatic N) is 2. The van der Waals surface area contributed by atoms with Crippen LogP contribution in [0.5, 0.6) is 0 Å². The lowest BCUT2D eigenvalue weighted by Crippen LogP contribution is -2.50. The summed E-state index contributed by atoms with van der Waals surface area (Å²) in [6.45, 7) is 5.88. The Balaban J connectivity index is 1.28. The molecule has 0 fully saturated rings. The normalized spacial score (nSPS) is 12.0. The zero-order valence-corrected chi connectivity index (χ0v) is 28.2.